The Balaban J connectivity index is 1.76. The maximum atomic E-state index is 5.77. The second-order valence-corrected chi connectivity index (χ2v) is 5.07. The highest BCUT2D eigenvalue weighted by molar-refractivity contribution is 7.13. The lowest BCUT2D eigenvalue weighted by molar-refractivity contribution is 0.199. The van der Waals surface area contributed by atoms with Gasteiger partial charge in [0.1, 0.15) is 5.75 Å². The fourth-order valence-electron chi connectivity index (χ4n) is 1.81. The molecule has 0 amide bonds. The molecule has 1 N–H and O–H groups in total. The zero-order valence-corrected chi connectivity index (χ0v) is 10.0. The van der Waals surface area contributed by atoms with E-state index in [4.69, 9.17) is 4.74 Å². The standard InChI is InChI=1S/C12H14N2OS/c1-8-11-3-2-10(4-12(11)16-14-8)15-7-9-5-13-6-9/h2-4,9,13H,5-7H2,1H3. The molecular weight excluding hydrogens is 220 g/mol. The molecule has 2 heterocycles. The molecule has 1 saturated heterocycles. The quantitative estimate of drug-likeness (QED) is 0.884. The predicted molar refractivity (Wildman–Crippen MR) is 66.2 cm³/mol. The van der Waals surface area contributed by atoms with Crippen LogP contribution in [0.15, 0.2) is 18.2 Å². The molecule has 84 valence electrons. The minimum atomic E-state index is 0.680. The summed E-state index contributed by atoms with van der Waals surface area (Å²) < 4.78 is 11.3. The smallest absolute Gasteiger partial charge is 0.120 e. The molecule has 3 rings (SSSR count). The molecule has 0 spiro atoms. The predicted octanol–water partition coefficient (Wildman–Crippen LogP) is 2.20. The lowest BCUT2D eigenvalue weighted by Gasteiger charge is -2.26. The molecule has 1 fully saturated rings. The molecule has 0 atom stereocenters. The van der Waals surface area contributed by atoms with Crippen molar-refractivity contribution in [3.63, 3.8) is 0 Å². The highest BCUT2D eigenvalue weighted by Gasteiger charge is 2.17. The average Bonchev–Trinajstić information content (AvgIpc) is 2.58. The third-order valence-corrected chi connectivity index (χ3v) is 3.88. The highest BCUT2D eigenvalue weighted by Crippen LogP contribution is 2.26. The number of aryl methyl sites for hydroxylation is 1. The van der Waals surface area contributed by atoms with Crippen molar-refractivity contribution in [2.75, 3.05) is 19.7 Å². The lowest BCUT2D eigenvalue weighted by atomic mass is 10.1. The van der Waals surface area contributed by atoms with Crippen LogP contribution in [0.3, 0.4) is 0 Å². The summed E-state index contributed by atoms with van der Waals surface area (Å²) in [6, 6.07) is 6.23. The maximum Gasteiger partial charge on any atom is 0.120 e. The van der Waals surface area contributed by atoms with Gasteiger partial charge in [-0.25, -0.2) is 0 Å². The van der Waals surface area contributed by atoms with E-state index in [2.05, 4.69) is 21.8 Å². The summed E-state index contributed by atoms with van der Waals surface area (Å²) in [5.41, 5.74) is 1.11. The van der Waals surface area contributed by atoms with Crippen molar-refractivity contribution in [1.29, 1.82) is 0 Å². The van der Waals surface area contributed by atoms with Gasteiger partial charge < -0.3 is 10.1 Å². The molecule has 0 saturated carbocycles. The van der Waals surface area contributed by atoms with Crippen LogP contribution in [-0.2, 0) is 0 Å². The average molecular weight is 234 g/mol. The zero-order chi connectivity index (χ0) is 11.0. The van der Waals surface area contributed by atoms with Crippen molar-refractivity contribution < 1.29 is 4.74 Å². The number of rotatable bonds is 3. The molecule has 1 aliphatic rings. The number of hydrogen-bond donors (Lipinski definition) is 1. The Labute approximate surface area is 98.6 Å². The summed E-state index contributed by atoms with van der Waals surface area (Å²) in [5, 5.41) is 4.48. The van der Waals surface area contributed by atoms with Gasteiger partial charge in [0.25, 0.3) is 0 Å². The van der Waals surface area contributed by atoms with E-state index in [0.29, 0.717) is 5.92 Å². The van der Waals surface area contributed by atoms with Crippen LogP contribution in [-0.4, -0.2) is 24.1 Å². The van der Waals surface area contributed by atoms with Crippen LogP contribution in [0, 0.1) is 12.8 Å². The van der Waals surface area contributed by atoms with Gasteiger partial charge in [0.05, 0.1) is 17.0 Å². The van der Waals surface area contributed by atoms with Gasteiger partial charge in [0.15, 0.2) is 0 Å². The van der Waals surface area contributed by atoms with Crippen LogP contribution >= 0.6 is 11.5 Å². The monoisotopic (exact) mass is 234 g/mol. The Bertz CT molecular complexity index is 505. The van der Waals surface area contributed by atoms with Gasteiger partial charge in [-0.15, -0.1) is 0 Å². The highest BCUT2D eigenvalue weighted by atomic mass is 32.1. The second kappa shape index (κ2) is 4.03. The number of fused-ring (bicyclic) bond motifs is 1. The summed E-state index contributed by atoms with van der Waals surface area (Å²) in [4.78, 5) is 0. The van der Waals surface area contributed by atoms with E-state index in [9.17, 15) is 0 Å². The third-order valence-electron chi connectivity index (χ3n) is 2.98. The van der Waals surface area contributed by atoms with E-state index in [1.165, 1.54) is 21.6 Å². The summed E-state index contributed by atoms with van der Waals surface area (Å²) in [6.07, 6.45) is 0. The second-order valence-electron chi connectivity index (χ2n) is 4.26. The van der Waals surface area contributed by atoms with Gasteiger partial charge in [-0.05, 0) is 36.7 Å². The minimum absolute atomic E-state index is 0.680. The molecule has 0 radical (unpaired) electrons. The van der Waals surface area contributed by atoms with Crippen molar-refractivity contribution in [3.05, 3.63) is 23.9 Å². The molecule has 1 aromatic carbocycles. The van der Waals surface area contributed by atoms with Crippen LogP contribution in [0.5, 0.6) is 5.75 Å². The largest absolute Gasteiger partial charge is 0.493 e. The third kappa shape index (κ3) is 1.79. The van der Waals surface area contributed by atoms with E-state index < -0.39 is 0 Å². The lowest BCUT2D eigenvalue weighted by Crippen LogP contribution is -2.45. The number of ether oxygens (including phenoxy) is 1. The number of hydrogen-bond acceptors (Lipinski definition) is 4. The first-order valence-electron chi connectivity index (χ1n) is 5.52. The summed E-state index contributed by atoms with van der Waals surface area (Å²) in [5.74, 6) is 1.64. The van der Waals surface area contributed by atoms with Crippen LogP contribution < -0.4 is 10.1 Å². The molecule has 0 unspecified atom stereocenters. The van der Waals surface area contributed by atoms with Gasteiger partial charge in [-0.2, -0.15) is 4.37 Å². The molecule has 16 heavy (non-hydrogen) atoms. The summed E-state index contributed by atoms with van der Waals surface area (Å²) >= 11 is 1.54. The summed E-state index contributed by atoms with van der Waals surface area (Å²) in [7, 11) is 0. The van der Waals surface area contributed by atoms with E-state index >= 15 is 0 Å². The van der Waals surface area contributed by atoms with Gasteiger partial charge >= 0.3 is 0 Å². The first kappa shape index (κ1) is 10.1. The number of nitrogens with one attached hydrogen (secondary N) is 1. The number of nitrogens with zero attached hydrogens (tertiary/aromatic N) is 1. The fourth-order valence-corrected chi connectivity index (χ4v) is 2.63. The number of aromatic nitrogens is 1. The molecular formula is C12H14N2OS. The SMILES string of the molecule is Cc1nsc2cc(OCC3CNC3)ccc12. The molecule has 0 bridgehead atoms. The van der Waals surface area contributed by atoms with Crippen molar-refractivity contribution in [1.82, 2.24) is 9.69 Å². The normalized spacial score (nSPS) is 16.3. The van der Waals surface area contributed by atoms with Gasteiger partial charge in [-0.1, -0.05) is 0 Å². The van der Waals surface area contributed by atoms with Gasteiger partial charge in [0, 0.05) is 24.4 Å². The Hall–Kier alpha value is -1.13. The Kier molecular flexibility index (Phi) is 2.53. The fraction of sp³-hybridized carbons (Fsp3) is 0.417. The molecule has 1 aliphatic heterocycles. The van der Waals surface area contributed by atoms with E-state index in [-0.39, 0.29) is 0 Å². The van der Waals surface area contributed by atoms with Crippen LogP contribution in [0.25, 0.3) is 10.1 Å². The maximum absolute atomic E-state index is 5.77. The number of benzene rings is 1. The minimum Gasteiger partial charge on any atom is -0.493 e. The van der Waals surface area contributed by atoms with Crippen molar-refractivity contribution in [2.45, 2.75) is 6.92 Å². The van der Waals surface area contributed by atoms with Gasteiger partial charge in [0.2, 0.25) is 0 Å². The first-order valence-corrected chi connectivity index (χ1v) is 6.30. The summed E-state index contributed by atoms with van der Waals surface area (Å²) in [6.45, 7) is 5.03. The van der Waals surface area contributed by atoms with Crippen molar-refractivity contribution in [3.8, 4) is 5.75 Å². The zero-order valence-electron chi connectivity index (χ0n) is 9.19. The van der Waals surface area contributed by atoms with Crippen molar-refractivity contribution >= 4 is 21.6 Å². The van der Waals surface area contributed by atoms with Crippen LogP contribution in [0.1, 0.15) is 5.69 Å². The van der Waals surface area contributed by atoms with Crippen molar-refractivity contribution in [2.24, 2.45) is 5.92 Å². The molecule has 2 aromatic rings. The Morgan fingerprint density at radius 2 is 2.38 bits per heavy atom. The topological polar surface area (TPSA) is 34.1 Å². The molecule has 1 aromatic heterocycles. The van der Waals surface area contributed by atoms with Crippen LogP contribution in [0.4, 0.5) is 0 Å². The first-order chi connectivity index (χ1) is 7.83. The van der Waals surface area contributed by atoms with E-state index in [0.717, 1.165) is 31.1 Å². The van der Waals surface area contributed by atoms with Crippen LogP contribution in [0.2, 0.25) is 0 Å². The van der Waals surface area contributed by atoms with E-state index in [1.807, 2.05) is 13.0 Å². The molecule has 0 aliphatic carbocycles. The molecule has 3 nitrogen and oxygen atoms in total. The van der Waals surface area contributed by atoms with Gasteiger partial charge in [-0.3, -0.25) is 0 Å². The molecule has 4 heteroatoms. The Morgan fingerprint density at radius 1 is 1.50 bits per heavy atom. The Morgan fingerprint density at radius 3 is 3.12 bits per heavy atom. The van der Waals surface area contributed by atoms with E-state index in [1.54, 1.807) is 0 Å².